The van der Waals surface area contributed by atoms with Crippen LogP contribution >= 0.6 is 22.6 Å². The maximum absolute atomic E-state index is 12.8. The van der Waals surface area contributed by atoms with Gasteiger partial charge in [0, 0.05) is 16.8 Å². The van der Waals surface area contributed by atoms with Crippen LogP contribution in [-0.2, 0) is 0 Å². The van der Waals surface area contributed by atoms with Gasteiger partial charge in [0.1, 0.15) is 0 Å². The fourth-order valence-corrected chi connectivity index (χ4v) is 2.31. The Hall–Kier alpha value is 0.590. The predicted molar refractivity (Wildman–Crippen MR) is 50.5 cm³/mol. The Morgan fingerprint density at radius 1 is 1.09 bits per heavy atom. The Morgan fingerprint density at radius 3 is 2.00 bits per heavy atom. The number of hydrogen-bond donors (Lipinski definition) is 0. The molecule has 0 amide bonds. The van der Waals surface area contributed by atoms with Crippen molar-refractivity contribution in [2.24, 2.45) is 0 Å². The smallest absolute Gasteiger partial charge is 0.207 e. The standard InChI is InChI=1S/C8H13F2I/c9-8(10)5-1-3-7(11)4-2-6-8/h7H,1-6H2. The molecule has 0 N–H and O–H groups in total. The van der Waals surface area contributed by atoms with Crippen molar-refractivity contribution in [3.05, 3.63) is 0 Å². The summed E-state index contributed by atoms with van der Waals surface area (Å²) in [6.45, 7) is 0. The average Bonchev–Trinajstić information content (AvgIpc) is 1.83. The molecule has 1 aliphatic rings. The molecule has 0 saturated heterocycles. The second-order valence-corrected chi connectivity index (χ2v) is 5.00. The van der Waals surface area contributed by atoms with Crippen molar-refractivity contribution in [3.8, 4) is 0 Å². The van der Waals surface area contributed by atoms with Gasteiger partial charge in [0.05, 0.1) is 0 Å². The van der Waals surface area contributed by atoms with Gasteiger partial charge in [-0.05, 0) is 25.7 Å². The summed E-state index contributed by atoms with van der Waals surface area (Å²) in [7, 11) is 0. The first-order valence-corrected chi connectivity index (χ1v) is 5.37. The van der Waals surface area contributed by atoms with Gasteiger partial charge in [-0.3, -0.25) is 0 Å². The second kappa shape index (κ2) is 4.01. The molecule has 66 valence electrons. The molecule has 1 aliphatic carbocycles. The monoisotopic (exact) mass is 274 g/mol. The van der Waals surface area contributed by atoms with Crippen LogP contribution in [0.1, 0.15) is 38.5 Å². The first-order valence-electron chi connectivity index (χ1n) is 4.12. The first kappa shape index (κ1) is 9.68. The molecule has 1 fully saturated rings. The first-order chi connectivity index (χ1) is 5.10. The highest BCUT2D eigenvalue weighted by Gasteiger charge is 2.29. The molecule has 0 spiro atoms. The Labute approximate surface area is 79.9 Å². The molecule has 1 saturated carbocycles. The summed E-state index contributed by atoms with van der Waals surface area (Å²) >= 11 is 2.37. The lowest BCUT2D eigenvalue weighted by molar-refractivity contribution is -0.0233. The Morgan fingerprint density at radius 2 is 1.55 bits per heavy atom. The lowest BCUT2D eigenvalue weighted by atomic mass is 9.98. The van der Waals surface area contributed by atoms with Crippen molar-refractivity contribution in [1.82, 2.24) is 0 Å². The molecule has 0 atom stereocenters. The zero-order valence-electron chi connectivity index (χ0n) is 6.45. The minimum absolute atomic E-state index is 0.104. The van der Waals surface area contributed by atoms with Crippen LogP contribution in [0.3, 0.4) is 0 Å². The van der Waals surface area contributed by atoms with Gasteiger partial charge in [0.25, 0.3) is 0 Å². The van der Waals surface area contributed by atoms with E-state index in [4.69, 9.17) is 0 Å². The summed E-state index contributed by atoms with van der Waals surface area (Å²) in [4.78, 5) is 0. The highest BCUT2D eigenvalue weighted by Crippen LogP contribution is 2.32. The van der Waals surface area contributed by atoms with E-state index < -0.39 is 5.92 Å². The van der Waals surface area contributed by atoms with Gasteiger partial charge in [-0.1, -0.05) is 22.6 Å². The predicted octanol–water partition coefficient (Wildman–Crippen LogP) is 3.78. The highest BCUT2D eigenvalue weighted by atomic mass is 127. The SMILES string of the molecule is FC1(F)CCCC(I)CCC1. The van der Waals surface area contributed by atoms with Crippen LogP contribution in [0.2, 0.25) is 0 Å². The Balaban J connectivity index is 2.35. The van der Waals surface area contributed by atoms with Crippen LogP contribution in [0, 0.1) is 0 Å². The topological polar surface area (TPSA) is 0 Å². The van der Waals surface area contributed by atoms with E-state index in [-0.39, 0.29) is 12.8 Å². The molecule has 11 heavy (non-hydrogen) atoms. The van der Waals surface area contributed by atoms with Gasteiger partial charge < -0.3 is 0 Å². The van der Waals surface area contributed by atoms with E-state index in [0.717, 1.165) is 12.8 Å². The van der Waals surface area contributed by atoms with Crippen LogP contribution < -0.4 is 0 Å². The second-order valence-electron chi connectivity index (χ2n) is 3.24. The summed E-state index contributed by atoms with van der Waals surface area (Å²) in [5, 5.41) is 0. The van der Waals surface area contributed by atoms with E-state index in [9.17, 15) is 8.78 Å². The van der Waals surface area contributed by atoms with Crippen molar-refractivity contribution in [3.63, 3.8) is 0 Å². The van der Waals surface area contributed by atoms with E-state index in [1.807, 2.05) is 0 Å². The minimum Gasteiger partial charge on any atom is -0.207 e. The Bertz CT molecular complexity index is 113. The summed E-state index contributed by atoms with van der Waals surface area (Å²) in [5.74, 6) is -2.36. The minimum atomic E-state index is -2.36. The number of hydrogen-bond acceptors (Lipinski definition) is 0. The molecule has 0 aromatic carbocycles. The molecule has 1 rings (SSSR count). The van der Waals surface area contributed by atoms with Crippen molar-refractivity contribution < 1.29 is 8.78 Å². The summed E-state index contributed by atoms with van der Waals surface area (Å²) < 4.78 is 26.2. The maximum atomic E-state index is 12.8. The molecule has 0 aromatic heterocycles. The molecule has 0 radical (unpaired) electrons. The van der Waals surface area contributed by atoms with Crippen molar-refractivity contribution in [2.45, 2.75) is 48.4 Å². The van der Waals surface area contributed by atoms with E-state index >= 15 is 0 Å². The van der Waals surface area contributed by atoms with Gasteiger partial charge in [-0.2, -0.15) is 0 Å². The molecule has 0 aliphatic heterocycles. The van der Waals surface area contributed by atoms with Crippen LogP contribution in [0.15, 0.2) is 0 Å². The van der Waals surface area contributed by atoms with Crippen LogP contribution in [0.25, 0.3) is 0 Å². The number of halogens is 3. The summed E-state index contributed by atoms with van der Waals surface area (Å²) in [5.41, 5.74) is 0. The lowest BCUT2D eigenvalue weighted by Gasteiger charge is -2.21. The van der Waals surface area contributed by atoms with Crippen molar-refractivity contribution in [2.75, 3.05) is 0 Å². The molecule has 0 bridgehead atoms. The lowest BCUT2D eigenvalue weighted by Crippen LogP contribution is -2.19. The van der Waals surface area contributed by atoms with E-state index in [0.29, 0.717) is 16.8 Å². The van der Waals surface area contributed by atoms with E-state index in [1.165, 1.54) is 0 Å². The average molecular weight is 274 g/mol. The summed E-state index contributed by atoms with van der Waals surface area (Å²) in [6.07, 6.45) is 3.53. The van der Waals surface area contributed by atoms with Gasteiger partial charge >= 0.3 is 0 Å². The normalized spacial score (nSPS) is 27.5. The number of rotatable bonds is 0. The number of alkyl halides is 3. The molecule has 0 heterocycles. The third-order valence-electron chi connectivity index (χ3n) is 2.12. The fourth-order valence-electron chi connectivity index (χ4n) is 1.43. The molecule has 0 unspecified atom stereocenters. The fraction of sp³-hybridized carbons (Fsp3) is 1.00. The van der Waals surface area contributed by atoms with Crippen LogP contribution in [0.4, 0.5) is 8.78 Å². The third kappa shape index (κ3) is 3.67. The molecule has 0 aromatic rings. The third-order valence-corrected chi connectivity index (χ3v) is 3.37. The van der Waals surface area contributed by atoms with Crippen LogP contribution in [0.5, 0.6) is 0 Å². The van der Waals surface area contributed by atoms with Gasteiger partial charge in [-0.25, -0.2) is 8.78 Å². The van der Waals surface area contributed by atoms with Crippen molar-refractivity contribution in [1.29, 1.82) is 0 Å². The van der Waals surface area contributed by atoms with Crippen molar-refractivity contribution >= 4 is 22.6 Å². The zero-order valence-corrected chi connectivity index (χ0v) is 8.61. The van der Waals surface area contributed by atoms with Crippen LogP contribution in [-0.4, -0.2) is 9.85 Å². The largest absolute Gasteiger partial charge is 0.248 e. The quantitative estimate of drug-likeness (QED) is 0.466. The molecular weight excluding hydrogens is 261 g/mol. The van der Waals surface area contributed by atoms with Gasteiger partial charge in [0.15, 0.2) is 0 Å². The van der Waals surface area contributed by atoms with Gasteiger partial charge in [0.2, 0.25) is 5.92 Å². The maximum Gasteiger partial charge on any atom is 0.248 e. The molecule has 3 heteroatoms. The molecular formula is C8H13F2I. The van der Waals surface area contributed by atoms with E-state index in [2.05, 4.69) is 22.6 Å². The Kier molecular flexibility index (Phi) is 3.52. The highest BCUT2D eigenvalue weighted by molar-refractivity contribution is 14.1. The zero-order chi connectivity index (χ0) is 8.32. The van der Waals surface area contributed by atoms with E-state index in [1.54, 1.807) is 0 Å². The molecule has 0 nitrogen and oxygen atoms in total. The van der Waals surface area contributed by atoms with Gasteiger partial charge in [-0.15, -0.1) is 0 Å². The summed E-state index contributed by atoms with van der Waals surface area (Å²) in [6, 6.07) is 0.